The zero-order valence-electron chi connectivity index (χ0n) is 14.2. The lowest BCUT2D eigenvalue weighted by atomic mass is 10.0. The summed E-state index contributed by atoms with van der Waals surface area (Å²) in [6.07, 6.45) is 1.65. The number of amides is 2. The highest BCUT2D eigenvalue weighted by Gasteiger charge is 2.24. The van der Waals surface area contributed by atoms with Crippen LogP contribution >= 0.6 is 0 Å². The molecule has 0 unspecified atom stereocenters. The first-order valence-electron chi connectivity index (χ1n) is 7.96. The van der Waals surface area contributed by atoms with E-state index in [2.05, 4.69) is 5.32 Å². The molecule has 0 aromatic heterocycles. The molecule has 2 rings (SSSR count). The van der Waals surface area contributed by atoms with Gasteiger partial charge in [-0.25, -0.2) is 9.59 Å². The topological polar surface area (TPSA) is 88.1 Å². The number of nitrogens with zero attached hydrogens (tertiary/aromatic N) is 1. The molecular formula is C17H24N2O5. The maximum absolute atomic E-state index is 12.4. The predicted octanol–water partition coefficient (Wildman–Crippen LogP) is 2.27. The molecule has 1 aliphatic heterocycles. The Hall–Kier alpha value is -2.28. The van der Waals surface area contributed by atoms with Crippen molar-refractivity contribution in [2.24, 2.45) is 0 Å². The molecular weight excluding hydrogens is 312 g/mol. The van der Waals surface area contributed by atoms with Gasteiger partial charge in [-0.3, -0.25) is 0 Å². The summed E-state index contributed by atoms with van der Waals surface area (Å²) in [5, 5.41) is 12.2. The van der Waals surface area contributed by atoms with Gasteiger partial charge in [0.1, 0.15) is 11.3 Å². The number of carbonyl (C=O) groups is 2. The van der Waals surface area contributed by atoms with Crippen molar-refractivity contribution in [2.45, 2.75) is 31.8 Å². The number of urea groups is 1. The summed E-state index contributed by atoms with van der Waals surface area (Å²) in [4.78, 5) is 25.4. The molecule has 1 aromatic carbocycles. The van der Waals surface area contributed by atoms with Crippen LogP contribution in [0.1, 0.15) is 41.7 Å². The maximum Gasteiger partial charge on any atom is 0.339 e. The SMILES string of the molecule is COc1ccc([C@H](C)NC(=O)N(C)C2CCOCC2)cc1C(=O)O. The van der Waals surface area contributed by atoms with Crippen LogP contribution in [0.25, 0.3) is 0 Å². The van der Waals surface area contributed by atoms with Crippen molar-refractivity contribution in [3.05, 3.63) is 29.3 Å². The van der Waals surface area contributed by atoms with E-state index in [1.54, 1.807) is 24.1 Å². The van der Waals surface area contributed by atoms with Crippen molar-refractivity contribution in [1.29, 1.82) is 0 Å². The van der Waals surface area contributed by atoms with Gasteiger partial charge in [0.2, 0.25) is 0 Å². The Kier molecular flexibility index (Phi) is 6.03. The van der Waals surface area contributed by atoms with Crippen molar-refractivity contribution >= 4 is 12.0 Å². The van der Waals surface area contributed by atoms with Gasteiger partial charge in [0, 0.05) is 26.3 Å². The Balaban J connectivity index is 2.05. The number of nitrogens with one attached hydrogen (secondary N) is 1. The highest BCUT2D eigenvalue weighted by molar-refractivity contribution is 5.91. The minimum absolute atomic E-state index is 0.0777. The van der Waals surface area contributed by atoms with Gasteiger partial charge in [-0.2, -0.15) is 0 Å². The van der Waals surface area contributed by atoms with Crippen molar-refractivity contribution in [3.63, 3.8) is 0 Å². The Labute approximate surface area is 141 Å². The van der Waals surface area contributed by atoms with Gasteiger partial charge in [0.15, 0.2) is 0 Å². The van der Waals surface area contributed by atoms with Crippen LogP contribution in [0.3, 0.4) is 0 Å². The monoisotopic (exact) mass is 336 g/mol. The molecule has 1 aliphatic rings. The number of methoxy groups -OCH3 is 1. The standard InChI is InChI=1S/C17H24N2O5/c1-11(12-4-5-15(23-3)14(10-12)16(20)21)18-17(22)19(2)13-6-8-24-9-7-13/h4-5,10-11,13H,6-9H2,1-3H3,(H,18,22)(H,20,21)/t11-/m0/s1. The van der Waals surface area contributed by atoms with E-state index < -0.39 is 5.97 Å². The van der Waals surface area contributed by atoms with Crippen LogP contribution in [0.2, 0.25) is 0 Å². The molecule has 7 heteroatoms. The molecule has 24 heavy (non-hydrogen) atoms. The molecule has 1 heterocycles. The van der Waals surface area contributed by atoms with Crippen molar-refractivity contribution in [2.75, 3.05) is 27.4 Å². The second-order valence-corrected chi connectivity index (χ2v) is 5.89. The summed E-state index contributed by atoms with van der Waals surface area (Å²) < 4.78 is 10.4. The molecule has 132 valence electrons. The lowest BCUT2D eigenvalue weighted by Crippen LogP contribution is -2.46. The summed E-state index contributed by atoms with van der Waals surface area (Å²) in [5.74, 6) is -0.768. The van der Waals surface area contributed by atoms with E-state index in [0.29, 0.717) is 24.5 Å². The van der Waals surface area contributed by atoms with Gasteiger partial charge in [0.25, 0.3) is 0 Å². The number of benzene rings is 1. The van der Waals surface area contributed by atoms with E-state index in [1.807, 2.05) is 6.92 Å². The van der Waals surface area contributed by atoms with E-state index in [1.165, 1.54) is 13.2 Å². The van der Waals surface area contributed by atoms with Gasteiger partial charge < -0.3 is 24.8 Å². The van der Waals surface area contributed by atoms with Crippen molar-refractivity contribution in [1.82, 2.24) is 10.2 Å². The number of carboxylic acids is 1. The lowest BCUT2D eigenvalue weighted by molar-refractivity contribution is 0.0522. The minimum Gasteiger partial charge on any atom is -0.496 e. The third kappa shape index (κ3) is 4.17. The second kappa shape index (κ2) is 8.01. The van der Waals surface area contributed by atoms with Crippen LogP contribution in [0.5, 0.6) is 5.75 Å². The summed E-state index contributed by atoms with van der Waals surface area (Å²) in [5.41, 5.74) is 0.788. The van der Waals surface area contributed by atoms with Crippen molar-refractivity contribution in [3.8, 4) is 5.75 Å². The lowest BCUT2D eigenvalue weighted by Gasteiger charge is -2.32. The Morgan fingerprint density at radius 1 is 1.38 bits per heavy atom. The molecule has 0 aliphatic carbocycles. The molecule has 2 amide bonds. The fourth-order valence-corrected chi connectivity index (χ4v) is 2.77. The molecule has 0 spiro atoms. The van der Waals surface area contributed by atoms with E-state index in [9.17, 15) is 14.7 Å². The first kappa shape index (κ1) is 18.1. The van der Waals surface area contributed by atoms with Crippen LogP contribution < -0.4 is 10.1 Å². The van der Waals surface area contributed by atoms with Crippen molar-refractivity contribution < 1.29 is 24.2 Å². The quantitative estimate of drug-likeness (QED) is 0.861. The van der Waals surface area contributed by atoms with E-state index in [4.69, 9.17) is 9.47 Å². The normalized spacial score (nSPS) is 16.3. The zero-order valence-corrected chi connectivity index (χ0v) is 14.2. The van der Waals surface area contributed by atoms with E-state index >= 15 is 0 Å². The first-order chi connectivity index (χ1) is 11.4. The smallest absolute Gasteiger partial charge is 0.339 e. The van der Waals surface area contributed by atoms with Gasteiger partial charge in [-0.15, -0.1) is 0 Å². The van der Waals surface area contributed by atoms with E-state index in [-0.39, 0.29) is 23.7 Å². The van der Waals surface area contributed by atoms with Gasteiger partial charge in [0.05, 0.1) is 13.2 Å². The highest BCUT2D eigenvalue weighted by Crippen LogP contribution is 2.24. The molecule has 0 bridgehead atoms. The number of hydrogen-bond acceptors (Lipinski definition) is 4. The number of carbonyl (C=O) groups excluding carboxylic acids is 1. The van der Waals surface area contributed by atoms with E-state index in [0.717, 1.165) is 12.8 Å². The molecule has 1 fully saturated rings. The number of carboxylic acid groups (broad SMARTS) is 1. The highest BCUT2D eigenvalue weighted by atomic mass is 16.5. The summed E-state index contributed by atoms with van der Waals surface area (Å²) in [6.45, 7) is 3.15. The number of ether oxygens (including phenoxy) is 2. The van der Waals surface area contributed by atoms with Crippen LogP contribution in [0.15, 0.2) is 18.2 Å². The molecule has 0 radical (unpaired) electrons. The zero-order chi connectivity index (χ0) is 17.7. The van der Waals surface area contributed by atoms with Crippen LogP contribution in [0.4, 0.5) is 4.79 Å². The average Bonchev–Trinajstić information content (AvgIpc) is 2.60. The molecule has 0 saturated carbocycles. The Morgan fingerprint density at radius 2 is 2.04 bits per heavy atom. The molecule has 1 aromatic rings. The van der Waals surface area contributed by atoms with Gasteiger partial charge in [-0.05, 0) is 37.5 Å². The van der Waals surface area contributed by atoms with Crippen LogP contribution in [-0.2, 0) is 4.74 Å². The minimum atomic E-state index is -1.06. The second-order valence-electron chi connectivity index (χ2n) is 5.89. The summed E-state index contributed by atoms with van der Waals surface area (Å²) in [6, 6.07) is 4.55. The predicted molar refractivity (Wildman–Crippen MR) is 88.5 cm³/mol. The van der Waals surface area contributed by atoms with Gasteiger partial charge >= 0.3 is 12.0 Å². The van der Waals surface area contributed by atoms with Crippen LogP contribution in [-0.4, -0.2) is 55.4 Å². The van der Waals surface area contributed by atoms with Gasteiger partial charge in [-0.1, -0.05) is 6.07 Å². The maximum atomic E-state index is 12.4. The number of aromatic carboxylic acids is 1. The Morgan fingerprint density at radius 3 is 2.62 bits per heavy atom. The summed E-state index contributed by atoms with van der Waals surface area (Å²) in [7, 11) is 3.20. The molecule has 1 atom stereocenters. The third-order valence-electron chi connectivity index (χ3n) is 4.35. The fourth-order valence-electron chi connectivity index (χ4n) is 2.77. The molecule has 7 nitrogen and oxygen atoms in total. The average molecular weight is 336 g/mol. The molecule has 2 N–H and O–H groups in total. The molecule has 1 saturated heterocycles. The number of rotatable bonds is 5. The Bertz CT molecular complexity index is 599. The van der Waals surface area contributed by atoms with Crippen LogP contribution in [0, 0.1) is 0 Å². The first-order valence-corrected chi connectivity index (χ1v) is 7.96. The number of hydrogen-bond donors (Lipinski definition) is 2. The fraction of sp³-hybridized carbons (Fsp3) is 0.529. The largest absolute Gasteiger partial charge is 0.496 e. The summed E-state index contributed by atoms with van der Waals surface area (Å²) >= 11 is 0. The third-order valence-corrected chi connectivity index (χ3v) is 4.35.